The van der Waals surface area contributed by atoms with E-state index in [1.807, 2.05) is 6.07 Å². The van der Waals surface area contributed by atoms with Crippen LogP contribution in [-0.4, -0.2) is 32.7 Å². The van der Waals surface area contributed by atoms with E-state index in [1.165, 1.54) is 12.3 Å². The molecule has 1 aromatic carbocycles. The highest BCUT2D eigenvalue weighted by molar-refractivity contribution is 5.93. The Balaban J connectivity index is 1.59. The lowest BCUT2D eigenvalue weighted by atomic mass is 10.2. The second-order valence-corrected chi connectivity index (χ2v) is 6.16. The molecular formula is C20H17FN6O. The monoisotopic (exact) mass is 376 g/mol. The van der Waals surface area contributed by atoms with Crippen molar-refractivity contribution in [3.05, 3.63) is 78.0 Å². The summed E-state index contributed by atoms with van der Waals surface area (Å²) in [5.41, 5.74) is 1.85. The molecule has 0 aliphatic carbocycles. The van der Waals surface area contributed by atoms with Gasteiger partial charge < -0.3 is 10.6 Å². The zero-order valence-electron chi connectivity index (χ0n) is 15.1. The van der Waals surface area contributed by atoms with Crippen molar-refractivity contribution < 1.29 is 9.18 Å². The molecule has 0 aliphatic heterocycles. The second-order valence-electron chi connectivity index (χ2n) is 6.16. The number of halogens is 1. The van der Waals surface area contributed by atoms with Gasteiger partial charge in [-0.1, -0.05) is 18.2 Å². The van der Waals surface area contributed by atoms with E-state index in [0.29, 0.717) is 29.3 Å². The minimum Gasteiger partial charge on any atom is -0.355 e. The van der Waals surface area contributed by atoms with Crippen LogP contribution >= 0.6 is 0 Å². The number of amides is 1. The molecule has 8 heteroatoms. The lowest BCUT2D eigenvalue weighted by molar-refractivity contribution is 0.0963. The van der Waals surface area contributed by atoms with Gasteiger partial charge in [-0.05, 0) is 18.2 Å². The maximum Gasteiger partial charge on any atom is 0.252 e. The number of fused-ring (bicyclic) bond motifs is 1. The number of carbonyl (C=O) groups is 1. The average Bonchev–Trinajstić information content (AvgIpc) is 3.12. The Hall–Kier alpha value is -3.81. The van der Waals surface area contributed by atoms with Crippen LogP contribution in [0.15, 0.2) is 61.1 Å². The SMILES string of the molecule is CNC(=O)c1ccc(Nc2cc3c(cn2)cnn3Cc2ccccc2F)nc1. The number of rotatable bonds is 5. The van der Waals surface area contributed by atoms with Crippen LogP contribution in [0.25, 0.3) is 10.9 Å². The molecule has 2 N–H and O–H groups in total. The van der Waals surface area contributed by atoms with Crippen molar-refractivity contribution in [3.8, 4) is 0 Å². The molecule has 7 nitrogen and oxygen atoms in total. The molecule has 0 saturated heterocycles. The minimum absolute atomic E-state index is 0.198. The lowest BCUT2D eigenvalue weighted by Crippen LogP contribution is -2.17. The van der Waals surface area contributed by atoms with E-state index >= 15 is 0 Å². The first-order valence-corrected chi connectivity index (χ1v) is 8.64. The van der Waals surface area contributed by atoms with Crippen molar-refractivity contribution in [2.45, 2.75) is 6.54 Å². The Labute approximate surface area is 160 Å². The van der Waals surface area contributed by atoms with E-state index in [9.17, 15) is 9.18 Å². The van der Waals surface area contributed by atoms with Gasteiger partial charge in [0.15, 0.2) is 0 Å². The molecule has 0 bridgehead atoms. The third kappa shape index (κ3) is 3.52. The molecule has 4 aromatic rings. The van der Waals surface area contributed by atoms with Crippen molar-refractivity contribution in [2.75, 3.05) is 12.4 Å². The molecule has 3 heterocycles. The van der Waals surface area contributed by atoms with E-state index in [0.717, 1.165) is 10.9 Å². The molecule has 0 radical (unpaired) electrons. The number of pyridine rings is 2. The van der Waals surface area contributed by atoms with Crippen LogP contribution in [0, 0.1) is 5.82 Å². The highest BCUT2D eigenvalue weighted by Gasteiger charge is 2.09. The van der Waals surface area contributed by atoms with E-state index < -0.39 is 0 Å². The minimum atomic E-state index is -0.265. The van der Waals surface area contributed by atoms with E-state index in [2.05, 4.69) is 25.7 Å². The van der Waals surface area contributed by atoms with Crippen LogP contribution in [-0.2, 0) is 6.54 Å². The van der Waals surface area contributed by atoms with Crippen LogP contribution in [0.4, 0.5) is 16.0 Å². The summed E-state index contributed by atoms with van der Waals surface area (Å²) in [6, 6.07) is 11.8. The topological polar surface area (TPSA) is 84.7 Å². The molecule has 1 amide bonds. The van der Waals surface area contributed by atoms with Gasteiger partial charge in [0, 0.05) is 36.5 Å². The molecule has 0 spiro atoms. The maximum atomic E-state index is 14.0. The highest BCUT2D eigenvalue weighted by atomic mass is 19.1. The number of hydrogen-bond acceptors (Lipinski definition) is 5. The van der Waals surface area contributed by atoms with Crippen LogP contribution in [0.1, 0.15) is 15.9 Å². The zero-order valence-corrected chi connectivity index (χ0v) is 15.1. The first-order chi connectivity index (χ1) is 13.6. The third-order valence-electron chi connectivity index (χ3n) is 4.31. The van der Waals surface area contributed by atoms with Gasteiger partial charge in [-0.25, -0.2) is 14.4 Å². The van der Waals surface area contributed by atoms with Gasteiger partial charge in [0.05, 0.1) is 23.8 Å². The van der Waals surface area contributed by atoms with E-state index in [4.69, 9.17) is 0 Å². The Morgan fingerprint density at radius 3 is 2.64 bits per heavy atom. The summed E-state index contributed by atoms with van der Waals surface area (Å²) < 4.78 is 15.7. The lowest BCUT2D eigenvalue weighted by Gasteiger charge is -2.08. The van der Waals surface area contributed by atoms with Crippen molar-refractivity contribution >= 4 is 28.4 Å². The van der Waals surface area contributed by atoms with Gasteiger partial charge in [-0.2, -0.15) is 5.10 Å². The fourth-order valence-electron chi connectivity index (χ4n) is 2.83. The predicted octanol–water partition coefficient (Wildman–Crippen LogP) is 3.12. The standard InChI is InChI=1S/C20H17FN6O/c1-22-20(28)13-6-7-18(23-9-13)26-19-8-17-15(10-24-19)11-25-27(17)12-14-4-2-3-5-16(14)21/h2-11H,12H2,1H3,(H,22,28)(H,23,24,26). The summed E-state index contributed by atoms with van der Waals surface area (Å²) >= 11 is 0. The number of carbonyl (C=O) groups excluding carboxylic acids is 1. The van der Waals surface area contributed by atoms with Crippen molar-refractivity contribution in [2.24, 2.45) is 0 Å². The summed E-state index contributed by atoms with van der Waals surface area (Å²) in [5.74, 6) is 0.664. The van der Waals surface area contributed by atoms with Crippen LogP contribution in [0.5, 0.6) is 0 Å². The van der Waals surface area contributed by atoms with Crippen LogP contribution < -0.4 is 10.6 Å². The molecule has 0 aliphatic rings. The highest BCUT2D eigenvalue weighted by Crippen LogP contribution is 2.20. The summed E-state index contributed by atoms with van der Waals surface area (Å²) in [6.45, 7) is 0.318. The number of aromatic nitrogens is 4. The normalized spacial score (nSPS) is 10.8. The Morgan fingerprint density at radius 1 is 1.07 bits per heavy atom. The van der Waals surface area contributed by atoms with Gasteiger partial charge in [-0.15, -0.1) is 0 Å². The first-order valence-electron chi connectivity index (χ1n) is 8.64. The van der Waals surface area contributed by atoms with E-state index in [-0.39, 0.29) is 11.7 Å². The predicted molar refractivity (Wildman–Crippen MR) is 104 cm³/mol. The quantitative estimate of drug-likeness (QED) is 0.559. The zero-order chi connectivity index (χ0) is 19.5. The maximum absolute atomic E-state index is 14.0. The fraction of sp³-hybridized carbons (Fsp3) is 0.100. The number of benzene rings is 1. The smallest absolute Gasteiger partial charge is 0.252 e. The first kappa shape index (κ1) is 17.6. The molecule has 140 valence electrons. The summed E-state index contributed by atoms with van der Waals surface area (Å²) in [5, 5.41) is 10.8. The van der Waals surface area contributed by atoms with Crippen LogP contribution in [0.3, 0.4) is 0 Å². The molecule has 28 heavy (non-hydrogen) atoms. The Morgan fingerprint density at radius 2 is 1.89 bits per heavy atom. The second kappa shape index (κ2) is 7.43. The molecule has 0 saturated carbocycles. The molecular weight excluding hydrogens is 359 g/mol. The van der Waals surface area contributed by atoms with Crippen LogP contribution in [0.2, 0.25) is 0 Å². The van der Waals surface area contributed by atoms with Gasteiger partial charge in [0.2, 0.25) is 0 Å². The van der Waals surface area contributed by atoms with Crippen molar-refractivity contribution in [1.82, 2.24) is 25.1 Å². The molecule has 3 aromatic heterocycles. The van der Waals surface area contributed by atoms with E-state index in [1.54, 1.807) is 54.5 Å². The summed E-state index contributed by atoms with van der Waals surface area (Å²) in [4.78, 5) is 20.2. The number of anilines is 2. The van der Waals surface area contributed by atoms with Gasteiger partial charge >= 0.3 is 0 Å². The molecule has 4 rings (SSSR count). The molecule has 0 unspecified atom stereocenters. The van der Waals surface area contributed by atoms with Gasteiger partial charge in [0.25, 0.3) is 5.91 Å². The molecule has 0 fully saturated rings. The number of nitrogens with one attached hydrogen (secondary N) is 2. The number of hydrogen-bond donors (Lipinski definition) is 2. The fourth-order valence-corrected chi connectivity index (χ4v) is 2.83. The summed E-state index contributed by atoms with van der Waals surface area (Å²) in [6.07, 6.45) is 4.88. The van der Waals surface area contributed by atoms with Crippen molar-refractivity contribution in [3.63, 3.8) is 0 Å². The van der Waals surface area contributed by atoms with Gasteiger partial charge in [-0.3, -0.25) is 9.48 Å². The summed E-state index contributed by atoms with van der Waals surface area (Å²) in [7, 11) is 1.57. The number of nitrogens with zero attached hydrogens (tertiary/aromatic N) is 4. The molecule has 0 atom stereocenters. The third-order valence-corrected chi connectivity index (χ3v) is 4.31. The Bertz CT molecular complexity index is 1140. The van der Waals surface area contributed by atoms with Gasteiger partial charge in [0.1, 0.15) is 17.5 Å². The van der Waals surface area contributed by atoms with Crippen molar-refractivity contribution in [1.29, 1.82) is 0 Å². The Kier molecular flexibility index (Phi) is 4.67. The average molecular weight is 376 g/mol. The largest absolute Gasteiger partial charge is 0.355 e.